The first-order valence-corrected chi connectivity index (χ1v) is 10.3. The van der Waals surface area contributed by atoms with Gasteiger partial charge in [-0.05, 0) is 31.2 Å². The predicted molar refractivity (Wildman–Crippen MR) is 103 cm³/mol. The number of hydrogen-bond acceptors (Lipinski definition) is 7. The monoisotopic (exact) mass is 410 g/mol. The Hall–Kier alpha value is -2.04. The summed E-state index contributed by atoms with van der Waals surface area (Å²) in [4.78, 5) is 26.2. The normalized spacial score (nSPS) is 16.7. The number of ether oxygens (including phenoxy) is 1. The van der Waals surface area contributed by atoms with Crippen LogP contribution in [0.25, 0.3) is 0 Å². The standard InChI is InChI=1S/C17H19FN4O3S2/c1-2-25-7-8-26-17-21-20-16(27-17)19-15(24)11-9-14(23)22(10-11)13-5-3-12(18)4-6-13/h3-6,11H,2,7-10H2,1H3,(H,19,20,24)/t11-/m1/s1. The summed E-state index contributed by atoms with van der Waals surface area (Å²) < 4.78 is 19.1. The Bertz CT molecular complexity index is 800. The van der Waals surface area contributed by atoms with Gasteiger partial charge in [0.05, 0.1) is 12.5 Å². The highest BCUT2D eigenvalue weighted by Crippen LogP contribution is 2.28. The molecule has 1 saturated heterocycles. The lowest BCUT2D eigenvalue weighted by Crippen LogP contribution is -2.28. The van der Waals surface area contributed by atoms with Crippen LogP contribution in [0.1, 0.15) is 13.3 Å². The number of anilines is 2. The summed E-state index contributed by atoms with van der Waals surface area (Å²) in [5, 5.41) is 11.1. The van der Waals surface area contributed by atoms with Gasteiger partial charge < -0.3 is 15.0 Å². The Morgan fingerprint density at radius 3 is 2.93 bits per heavy atom. The number of nitrogens with one attached hydrogen (secondary N) is 1. The van der Waals surface area contributed by atoms with Gasteiger partial charge >= 0.3 is 0 Å². The topological polar surface area (TPSA) is 84.4 Å². The van der Waals surface area contributed by atoms with Crippen molar-refractivity contribution in [2.45, 2.75) is 17.7 Å². The van der Waals surface area contributed by atoms with Crippen molar-refractivity contribution in [3.8, 4) is 0 Å². The lowest BCUT2D eigenvalue weighted by atomic mass is 10.1. The van der Waals surface area contributed by atoms with E-state index in [0.29, 0.717) is 24.0 Å². The fraction of sp³-hybridized carbons (Fsp3) is 0.412. The molecule has 27 heavy (non-hydrogen) atoms. The highest BCUT2D eigenvalue weighted by Gasteiger charge is 2.35. The van der Waals surface area contributed by atoms with E-state index in [-0.39, 0.29) is 30.6 Å². The Morgan fingerprint density at radius 2 is 2.19 bits per heavy atom. The SMILES string of the molecule is CCOCCSc1nnc(NC(=O)[C@@H]2CC(=O)N(c3ccc(F)cc3)C2)s1. The van der Waals surface area contributed by atoms with Gasteiger partial charge in [0.25, 0.3) is 0 Å². The van der Waals surface area contributed by atoms with Gasteiger partial charge in [-0.3, -0.25) is 9.59 Å². The molecule has 1 atom stereocenters. The van der Waals surface area contributed by atoms with Crippen LogP contribution in [0.5, 0.6) is 0 Å². The van der Waals surface area contributed by atoms with Crippen molar-refractivity contribution in [3.05, 3.63) is 30.1 Å². The number of hydrogen-bond donors (Lipinski definition) is 1. The van der Waals surface area contributed by atoms with E-state index >= 15 is 0 Å². The average molecular weight is 410 g/mol. The number of thioether (sulfide) groups is 1. The van der Waals surface area contributed by atoms with Gasteiger partial charge in [-0.15, -0.1) is 10.2 Å². The third-order valence-corrected chi connectivity index (χ3v) is 5.86. The number of carbonyl (C=O) groups excluding carboxylic acids is 2. The Labute approximate surface area is 164 Å². The van der Waals surface area contributed by atoms with E-state index in [0.717, 1.165) is 10.1 Å². The first-order valence-electron chi connectivity index (χ1n) is 8.47. The van der Waals surface area contributed by atoms with Crippen molar-refractivity contribution in [1.82, 2.24) is 10.2 Å². The molecule has 0 spiro atoms. The van der Waals surface area contributed by atoms with Crippen LogP contribution in [0.4, 0.5) is 15.2 Å². The lowest BCUT2D eigenvalue weighted by molar-refractivity contribution is -0.122. The number of aromatic nitrogens is 2. The first-order chi connectivity index (χ1) is 13.1. The second kappa shape index (κ2) is 9.25. The molecule has 2 heterocycles. The Morgan fingerprint density at radius 1 is 1.41 bits per heavy atom. The number of halogens is 1. The molecule has 1 aromatic heterocycles. The molecule has 144 valence electrons. The quantitative estimate of drug-likeness (QED) is 0.409. The lowest BCUT2D eigenvalue weighted by Gasteiger charge is -2.16. The zero-order valence-electron chi connectivity index (χ0n) is 14.7. The van der Waals surface area contributed by atoms with Crippen molar-refractivity contribution < 1.29 is 18.7 Å². The van der Waals surface area contributed by atoms with Crippen LogP contribution >= 0.6 is 23.1 Å². The zero-order chi connectivity index (χ0) is 19.2. The van der Waals surface area contributed by atoms with Crippen LogP contribution in [0.2, 0.25) is 0 Å². The summed E-state index contributed by atoms with van der Waals surface area (Å²) in [7, 11) is 0. The molecule has 1 aromatic carbocycles. The third-order valence-electron chi connectivity index (χ3n) is 3.93. The fourth-order valence-corrected chi connectivity index (χ4v) is 4.29. The summed E-state index contributed by atoms with van der Waals surface area (Å²) in [6, 6.07) is 5.65. The van der Waals surface area contributed by atoms with Gasteiger partial charge in [0.15, 0.2) is 4.34 Å². The molecule has 7 nitrogen and oxygen atoms in total. The minimum Gasteiger partial charge on any atom is -0.381 e. The average Bonchev–Trinajstić information content (AvgIpc) is 3.26. The zero-order valence-corrected chi connectivity index (χ0v) is 16.3. The second-order valence-corrected chi connectivity index (χ2v) is 8.11. The Balaban J connectivity index is 1.53. The predicted octanol–water partition coefficient (Wildman–Crippen LogP) is 2.80. The number of nitrogens with zero attached hydrogens (tertiary/aromatic N) is 3. The smallest absolute Gasteiger partial charge is 0.231 e. The van der Waals surface area contributed by atoms with E-state index in [1.165, 1.54) is 52.3 Å². The van der Waals surface area contributed by atoms with Crippen LogP contribution in [0.3, 0.4) is 0 Å². The molecule has 0 saturated carbocycles. The van der Waals surface area contributed by atoms with Gasteiger partial charge in [-0.2, -0.15) is 0 Å². The molecule has 1 N–H and O–H groups in total. The molecule has 0 aliphatic carbocycles. The summed E-state index contributed by atoms with van der Waals surface area (Å²) in [5.41, 5.74) is 0.584. The van der Waals surface area contributed by atoms with Crippen LogP contribution in [0, 0.1) is 11.7 Å². The van der Waals surface area contributed by atoms with Crippen LogP contribution < -0.4 is 10.2 Å². The van der Waals surface area contributed by atoms with Gasteiger partial charge in [-0.1, -0.05) is 23.1 Å². The Kier molecular flexibility index (Phi) is 6.75. The molecule has 0 unspecified atom stereocenters. The highest BCUT2D eigenvalue weighted by atomic mass is 32.2. The molecule has 1 fully saturated rings. The van der Waals surface area contributed by atoms with E-state index in [9.17, 15) is 14.0 Å². The molecule has 0 bridgehead atoms. The van der Waals surface area contributed by atoms with E-state index in [2.05, 4.69) is 15.5 Å². The van der Waals surface area contributed by atoms with Gasteiger partial charge in [0.1, 0.15) is 5.82 Å². The molecular weight excluding hydrogens is 391 g/mol. The molecule has 1 aliphatic rings. The van der Waals surface area contributed by atoms with Crippen molar-refractivity contribution >= 4 is 45.7 Å². The maximum atomic E-state index is 13.0. The van der Waals surface area contributed by atoms with Crippen molar-refractivity contribution in [2.24, 2.45) is 5.92 Å². The summed E-state index contributed by atoms with van der Waals surface area (Å²) in [5.74, 6) is -0.521. The van der Waals surface area contributed by atoms with Gasteiger partial charge in [0.2, 0.25) is 16.9 Å². The van der Waals surface area contributed by atoms with E-state index in [1.807, 2.05) is 6.92 Å². The summed E-state index contributed by atoms with van der Waals surface area (Å²) >= 11 is 2.81. The van der Waals surface area contributed by atoms with E-state index < -0.39 is 5.92 Å². The van der Waals surface area contributed by atoms with E-state index in [1.54, 1.807) is 0 Å². The molecule has 0 radical (unpaired) electrons. The maximum Gasteiger partial charge on any atom is 0.231 e. The molecule has 10 heteroatoms. The van der Waals surface area contributed by atoms with E-state index in [4.69, 9.17) is 4.74 Å². The van der Waals surface area contributed by atoms with Crippen molar-refractivity contribution in [3.63, 3.8) is 0 Å². The minimum atomic E-state index is -0.486. The molecule has 2 amide bonds. The minimum absolute atomic E-state index is 0.109. The second-order valence-electron chi connectivity index (χ2n) is 5.79. The van der Waals surface area contributed by atoms with Crippen LogP contribution in [-0.4, -0.2) is 47.5 Å². The highest BCUT2D eigenvalue weighted by molar-refractivity contribution is 8.01. The molecular formula is C17H19FN4O3S2. The van der Waals surface area contributed by atoms with Crippen molar-refractivity contribution in [2.75, 3.05) is 35.7 Å². The summed E-state index contributed by atoms with van der Waals surface area (Å²) in [6.45, 7) is 3.50. The number of carbonyl (C=O) groups is 2. The van der Waals surface area contributed by atoms with Gasteiger partial charge in [-0.25, -0.2) is 4.39 Å². The van der Waals surface area contributed by atoms with Gasteiger partial charge in [0, 0.05) is 31.0 Å². The molecule has 1 aliphatic heterocycles. The van der Waals surface area contributed by atoms with Crippen molar-refractivity contribution in [1.29, 1.82) is 0 Å². The number of amides is 2. The number of benzene rings is 1. The third kappa shape index (κ3) is 5.24. The van der Waals surface area contributed by atoms with Crippen LogP contribution in [0.15, 0.2) is 28.6 Å². The first kappa shape index (κ1) is 19.7. The van der Waals surface area contributed by atoms with Crippen LogP contribution in [-0.2, 0) is 14.3 Å². The molecule has 3 rings (SSSR count). The maximum absolute atomic E-state index is 13.0. The largest absolute Gasteiger partial charge is 0.381 e. The number of rotatable bonds is 8. The summed E-state index contributed by atoms with van der Waals surface area (Å²) in [6.07, 6.45) is 0.109. The molecule has 2 aromatic rings. The fourth-order valence-electron chi connectivity index (χ4n) is 2.61.